The molecule has 3 atom stereocenters. The van der Waals surface area contributed by atoms with Crippen LogP contribution in [0.3, 0.4) is 0 Å². The number of likely N-dealkylation sites (N-methyl/N-ethyl adjacent to an activating group) is 1. The number of hydrogen-bond donors (Lipinski definition) is 1. The minimum absolute atomic E-state index is 0.271. The summed E-state index contributed by atoms with van der Waals surface area (Å²) in [6, 6.07) is 13.5. The van der Waals surface area contributed by atoms with Gasteiger partial charge >= 0.3 is 0 Å². The van der Waals surface area contributed by atoms with Crippen molar-refractivity contribution in [3.8, 4) is 11.5 Å². The van der Waals surface area contributed by atoms with E-state index in [9.17, 15) is 8.42 Å². The third kappa shape index (κ3) is 7.00. The van der Waals surface area contributed by atoms with Crippen molar-refractivity contribution in [1.82, 2.24) is 20.1 Å². The van der Waals surface area contributed by atoms with Crippen LogP contribution in [0.5, 0.6) is 0 Å². The van der Waals surface area contributed by atoms with E-state index in [1.807, 2.05) is 57.4 Å². The van der Waals surface area contributed by atoms with Crippen LogP contribution < -0.4 is 14.9 Å². The van der Waals surface area contributed by atoms with Crippen LogP contribution in [0.1, 0.15) is 45.6 Å². The Morgan fingerprint density at radius 3 is 2.33 bits per heavy atom. The quantitative estimate of drug-likeness (QED) is 0.328. The lowest BCUT2D eigenvalue weighted by atomic mass is 9.94. The molecule has 2 heterocycles. The Hall–Kier alpha value is -3.02. The van der Waals surface area contributed by atoms with Crippen molar-refractivity contribution < 1.29 is 12.8 Å². The largest absolute Gasteiger partial charge is 0.419 e. The molecule has 1 aromatic carbocycles. The number of nitrogens with two attached hydrogens (primary N) is 1. The first-order valence-corrected chi connectivity index (χ1v) is 15.3. The molecule has 10 nitrogen and oxygen atoms in total. The number of nitrogens with zero attached hydrogens (tertiary/aromatic N) is 6. The predicted molar refractivity (Wildman–Crippen MR) is 160 cm³/mol. The number of anilines is 2. The molecule has 1 aliphatic rings. The van der Waals surface area contributed by atoms with E-state index in [1.54, 1.807) is 19.9 Å². The monoisotopic (exact) mass is 569 g/mol. The molecule has 0 spiro atoms. The molecule has 2 unspecified atom stereocenters. The average molecular weight is 570 g/mol. The Balaban J connectivity index is 1.74. The predicted octanol–water partition coefficient (Wildman–Crippen LogP) is 3.75. The highest BCUT2D eigenvalue weighted by Gasteiger charge is 2.35. The molecule has 2 N–H and O–H groups in total. The molecule has 0 aliphatic heterocycles. The summed E-state index contributed by atoms with van der Waals surface area (Å²) < 4.78 is 33.6. The summed E-state index contributed by atoms with van der Waals surface area (Å²) in [7, 11) is 2.00. The van der Waals surface area contributed by atoms with Gasteiger partial charge in [-0.2, -0.15) is 0 Å². The molecule has 11 heteroatoms. The highest BCUT2D eigenvalue weighted by atomic mass is 32.2. The van der Waals surface area contributed by atoms with E-state index in [1.165, 1.54) is 17.8 Å². The van der Waals surface area contributed by atoms with Crippen LogP contribution in [0.25, 0.3) is 11.5 Å². The summed E-state index contributed by atoms with van der Waals surface area (Å²) in [6.07, 6.45) is 1.70. The van der Waals surface area contributed by atoms with Gasteiger partial charge in [0.25, 0.3) is 0 Å². The molecular formula is C29H43N7O3S. The molecule has 0 amide bonds. The second-order valence-electron chi connectivity index (χ2n) is 11.8. The van der Waals surface area contributed by atoms with E-state index in [2.05, 4.69) is 26.9 Å². The first kappa shape index (κ1) is 30.0. The summed E-state index contributed by atoms with van der Waals surface area (Å²) >= 11 is 0. The van der Waals surface area contributed by atoms with Gasteiger partial charge in [0.1, 0.15) is 11.6 Å². The summed E-state index contributed by atoms with van der Waals surface area (Å²) in [5, 5.41) is 8.03. The van der Waals surface area contributed by atoms with Crippen LogP contribution in [0, 0.1) is 11.8 Å². The fourth-order valence-corrected chi connectivity index (χ4v) is 5.60. The molecule has 1 fully saturated rings. The van der Waals surface area contributed by atoms with Crippen molar-refractivity contribution in [3.05, 3.63) is 53.9 Å². The van der Waals surface area contributed by atoms with E-state index in [4.69, 9.17) is 15.1 Å². The third-order valence-electron chi connectivity index (χ3n) is 7.55. The molecule has 3 aromatic rings. The van der Waals surface area contributed by atoms with E-state index in [-0.39, 0.29) is 5.89 Å². The van der Waals surface area contributed by atoms with Crippen LogP contribution in [-0.4, -0.2) is 74.5 Å². The lowest BCUT2D eigenvalue weighted by molar-refractivity contribution is 0.355. The van der Waals surface area contributed by atoms with Gasteiger partial charge in [-0.3, -0.25) is 4.31 Å². The van der Waals surface area contributed by atoms with E-state index >= 15 is 0 Å². The Morgan fingerprint density at radius 2 is 1.73 bits per heavy atom. The topological polar surface area (TPSA) is 122 Å². The zero-order valence-corrected chi connectivity index (χ0v) is 25.5. The molecule has 1 aliphatic carbocycles. The van der Waals surface area contributed by atoms with Gasteiger partial charge in [0.15, 0.2) is 0 Å². The molecule has 40 heavy (non-hydrogen) atoms. The van der Waals surface area contributed by atoms with Gasteiger partial charge in [0.05, 0.1) is 10.8 Å². The molecule has 0 bridgehead atoms. The van der Waals surface area contributed by atoms with Crippen molar-refractivity contribution in [2.45, 2.75) is 51.3 Å². The lowest BCUT2D eigenvalue weighted by Gasteiger charge is -2.28. The van der Waals surface area contributed by atoms with Crippen LogP contribution in [-0.2, 0) is 22.0 Å². The number of pyridine rings is 1. The summed E-state index contributed by atoms with van der Waals surface area (Å²) in [5.74, 6) is 2.81. The van der Waals surface area contributed by atoms with Crippen molar-refractivity contribution in [1.29, 1.82) is 0 Å². The van der Waals surface area contributed by atoms with Crippen LogP contribution in [0.4, 0.5) is 11.6 Å². The van der Waals surface area contributed by atoms with Gasteiger partial charge < -0.3 is 20.0 Å². The third-order valence-corrected chi connectivity index (χ3v) is 9.69. The van der Waals surface area contributed by atoms with Crippen LogP contribution >= 0.6 is 0 Å². The molecule has 0 radical (unpaired) electrons. The summed E-state index contributed by atoms with van der Waals surface area (Å²) in [6.45, 7) is 9.87. The maximum absolute atomic E-state index is 13.1. The second kappa shape index (κ2) is 11.8. The number of aromatic nitrogens is 3. The number of hydrogen-bond acceptors (Lipinski definition) is 9. The molecule has 0 saturated heterocycles. The smallest absolute Gasteiger partial charge is 0.248 e. The summed E-state index contributed by atoms with van der Waals surface area (Å²) in [4.78, 5) is 9.20. The SMILES string of the molecule is CC1CC1CN(CCN(C)C)c1cc(-c2nnc([C@](C)(N)Cc3ccccc3)o2)cc(N(C)S(=O)(=O)C(C)C)n1. The van der Waals surface area contributed by atoms with Crippen molar-refractivity contribution in [2.75, 3.05) is 50.0 Å². The van der Waals surface area contributed by atoms with E-state index in [0.29, 0.717) is 41.3 Å². The fourth-order valence-electron chi connectivity index (χ4n) is 4.62. The first-order valence-electron chi connectivity index (χ1n) is 13.8. The van der Waals surface area contributed by atoms with Gasteiger partial charge in [-0.1, -0.05) is 37.3 Å². The van der Waals surface area contributed by atoms with Gasteiger partial charge in [0.2, 0.25) is 21.8 Å². The highest BCUT2D eigenvalue weighted by Crippen LogP contribution is 2.39. The molecule has 1 saturated carbocycles. The average Bonchev–Trinajstić information content (AvgIpc) is 3.36. The fraction of sp³-hybridized carbons (Fsp3) is 0.552. The maximum Gasteiger partial charge on any atom is 0.248 e. The zero-order valence-electron chi connectivity index (χ0n) is 24.7. The standard InChI is InChI=1S/C29H43N7O3S/c1-20(2)40(37,38)35(7)25-16-23(17-26(31-25)36(14-13-34(5)6)19-24-15-21(24)3)27-32-33-28(39-27)29(4,30)18-22-11-9-8-10-12-22/h8-12,16-17,20-21,24H,13-15,18-19,30H2,1-7H3/t21?,24?,29-/m1/s1. The van der Waals surface area contributed by atoms with Crippen LogP contribution in [0.2, 0.25) is 0 Å². The van der Waals surface area contributed by atoms with Crippen LogP contribution in [0.15, 0.2) is 46.9 Å². The Morgan fingerprint density at radius 1 is 1.07 bits per heavy atom. The minimum atomic E-state index is -3.61. The zero-order chi connectivity index (χ0) is 29.2. The minimum Gasteiger partial charge on any atom is -0.419 e. The molecule has 218 valence electrons. The second-order valence-corrected chi connectivity index (χ2v) is 14.4. The number of sulfonamides is 1. The van der Waals surface area contributed by atoms with E-state index < -0.39 is 20.8 Å². The maximum atomic E-state index is 13.1. The van der Waals surface area contributed by atoms with E-state index in [0.717, 1.165) is 25.2 Å². The van der Waals surface area contributed by atoms with Gasteiger partial charge in [0, 0.05) is 32.2 Å². The Bertz CT molecular complexity index is 1390. The summed E-state index contributed by atoms with van der Waals surface area (Å²) in [5.41, 5.74) is 7.41. The molecule has 4 rings (SSSR count). The number of benzene rings is 1. The lowest BCUT2D eigenvalue weighted by Crippen LogP contribution is -2.36. The van der Waals surface area contributed by atoms with Crippen molar-refractivity contribution in [3.63, 3.8) is 0 Å². The number of rotatable bonds is 13. The van der Waals surface area contributed by atoms with Gasteiger partial charge in [-0.15, -0.1) is 10.2 Å². The normalized spacial score (nSPS) is 18.6. The molecule has 2 aromatic heterocycles. The van der Waals surface area contributed by atoms with Gasteiger partial charge in [-0.25, -0.2) is 13.4 Å². The highest BCUT2D eigenvalue weighted by molar-refractivity contribution is 7.93. The van der Waals surface area contributed by atoms with Gasteiger partial charge in [-0.05, 0) is 77.2 Å². The van der Waals surface area contributed by atoms with Crippen molar-refractivity contribution >= 4 is 21.7 Å². The Labute approximate surface area is 238 Å². The molecular weight excluding hydrogens is 526 g/mol. The van der Waals surface area contributed by atoms with Crippen molar-refractivity contribution in [2.24, 2.45) is 17.6 Å². The first-order chi connectivity index (χ1) is 18.8. The Kier molecular flexibility index (Phi) is 8.86.